The van der Waals surface area contributed by atoms with E-state index in [9.17, 15) is 4.79 Å². The minimum Gasteiger partial charge on any atom is -0.368 e. The van der Waals surface area contributed by atoms with Gasteiger partial charge in [-0.25, -0.2) is 0 Å². The number of rotatable bonds is 3. The van der Waals surface area contributed by atoms with Gasteiger partial charge in [-0.2, -0.15) is 5.26 Å². The van der Waals surface area contributed by atoms with Crippen molar-refractivity contribution in [3.8, 4) is 5.40 Å². The van der Waals surface area contributed by atoms with Crippen LogP contribution in [0.15, 0.2) is 18.2 Å². The van der Waals surface area contributed by atoms with Crippen LogP contribution in [-0.4, -0.2) is 5.91 Å². The maximum atomic E-state index is 11.1. The van der Waals surface area contributed by atoms with Gasteiger partial charge < -0.3 is 5.73 Å². The van der Waals surface area contributed by atoms with Crippen LogP contribution in [0, 0.1) is 10.7 Å². The highest BCUT2D eigenvalue weighted by Gasteiger charge is 2.21. The predicted molar refractivity (Wildman–Crippen MR) is 61.6 cm³/mol. The monoisotopic (exact) mass is 260 g/mol. The maximum absolute atomic E-state index is 11.1. The summed E-state index contributed by atoms with van der Waals surface area (Å²) in [4.78, 5) is 11.1. The number of nitrogens with two attached hydrogens (primary N) is 1. The van der Waals surface area contributed by atoms with Gasteiger partial charge in [0, 0.05) is 10.0 Å². The Balaban J connectivity index is 3.12. The van der Waals surface area contributed by atoms with Gasteiger partial charge in [0.2, 0.25) is 5.91 Å². The molecule has 0 aliphatic rings. The van der Waals surface area contributed by atoms with Crippen LogP contribution in [0.5, 0.6) is 0 Å². The van der Waals surface area contributed by atoms with Crippen molar-refractivity contribution in [1.82, 2.24) is 0 Å². The molecule has 1 rings (SSSR count). The Morgan fingerprint density at radius 2 is 2.20 bits per heavy atom. The van der Waals surface area contributed by atoms with Gasteiger partial charge in [0.25, 0.3) is 0 Å². The smallest absolute Gasteiger partial charge is 0.236 e. The lowest BCUT2D eigenvalue weighted by atomic mass is 10.1. The van der Waals surface area contributed by atoms with Crippen molar-refractivity contribution in [3.63, 3.8) is 0 Å². The molecule has 2 N–H and O–H groups in total. The topological polar surface area (TPSA) is 66.9 Å². The van der Waals surface area contributed by atoms with E-state index in [-0.39, 0.29) is 0 Å². The lowest BCUT2D eigenvalue weighted by Gasteiger charge is -2.10. The normalized spacial score (nSPS) is 11.8. The Kier molecular flexibility index (Phi) is 4.28. The van der Waals surface area contributed by atoms with Gasteiger partial charge in [0.1, 0.15) is 10.7 Å². The SMILES string of the molecule is N#CSC(C(N)=O)c1ccc(Cl)cc1Cl. The predicted octanol–water partition coefficient (Wildman–Crippen LogP) is 2.73. The van der Waals surface area contributed by atoms with Crippen molar-refractivity contribution in [3.05, 3.63) is 33.8 Å². The van der Waals surface area contributed by atoms with Crippen LogP contribution < -0.4 is 5.73 Å². The summed E-state index contributed by atoms with van der Waals surface area (Å²) in [7, 11) is 0. The first kappa shape index (κ1) is 12.2. The van der Waals surface area contributed by atoms with Crippen LogP contribution in [0.25, 0.3) is 0 Å². The Morgan fingerprint density at radius 1 is 1.53 bits per heavy atom. The Hall–Kier alpha value is -0.890. The molecule has 0 saturated heterocycles. The van der Waals surface area contributed by atoms with E-state index < -0.39 is 11.2 Å². The van der Waals surface area contributed by atoms with Crippen LogP contribution in [0.1, 0.15) is 10.8 Å². The van der Waals surface area contributed by atoms with Crippen LogP contribution >= 0.6 is 35.0 Å². The number of nitriles is 1. The molecule has 0 aliphatic heterocycles. The second-order valence-corrected chi connectivity index (χ2v) is 4.39. The quantitative estimate of drug-likeness (QED) is 0.850. The van der Waals surface area contributed by atoms with E-state index in [1.54, 1.807) is 12.1 Å². The van der Waals surface area contributed by atoms with Gasteiger partial charge in [-0.05, 0) is 29.5 Å². The van der Waals surface area contributed by atoms with E-state index in [4.69, 9.17) is 34.2 Å². The van der Waals surface area contributed by atoms with Crippen molar-refractivity contribution < 1.29 is 4.79 Å². The molecular formula is C9H6Cl2N2OS. The summed E-state index contributed by atoms with van der Waals surface area (Å²) in [6.45, 7) is 0. The van der Waals surface area contributed by atoms with Crippen LogP contribution in [0.2, 0.25) is 10.0 Å². The summed E-state index contributed by atoms with van der Waals surface area (Å²) in [5.74, 6) is -0.606. The number of thioether (sulfide) groups is 1. The largest absolute Gasteiger partial charge is 0.368 e. The number of carbonyl (C=O) groups excluding carboxylic acids is 1. The lowest BCUT2D eigenvalue weighted by molar-refractivity contribution is -0.117. The highest BCUT2D eigenvalue weighted by molar-refractivity contribution is 8.04. The average molecular weight is 261 g/mol. The molecule has 1 aromatic carbocycles. The molecule has 78 valence electrons. The first-order valence-electron chi connectivity index (χ1n) is 3.85. The van der Waals surface area contributed by atoms with Gasteiger partial charge in [-0.15, -0.1) is 0 Å². The Morgan fingerprint density at radius 3 is 2.67 bits per heavy atom. The zero-order chi connectivity index (χ0) is 11.4. The molecule has 0 bridgehead atoms. The van der Waals surface area contributed by atoms with E-state index in [2.05, 4.69) is 0 Å². The molecule has 0 heterocycles. The fraction of sp³-hybridized carbons (Fsp3) is 0.111. The molecule has 1 aromatic rings. The lowest BCUT2D eigenvalue weighted by Crippen LogP contribution is -2.18. The third-order valence-electron chi connectivity index (χ3n) is 1.67. The van der Waals surface area contributed by atoms with Gasteiger partial charge in [0.05, 0.1) is 0 Å². The number of primary amides is 1. The summed E-state index contributed by atoms with van der Waals surface area (Å²) in [6.07, 6.45) is 0. The summed E-state index contributed by atoms with van der Waals surface area (Å²) in [5.41, 5.74) is 5.66. The molecular weight excluding hydrogens is 255 g/mol. The van der Waals surface area contributed by atoms with Crippen molar-refractivity contribution in [2.75, 3.05) is 0 Å². The number of hydrogen-bond donors (Lipinski definition) is 1. The Bertz CT molecular complexity index is 431. The summed E-state index contributed by atoms with van der Waals surface area (Å²) in [6, 6.07) is 4.69. The molecule has 3 nitrogen and oxygen atoms in total. The van der Waals surface area contributed by atoms with Crippen molar-refractivity contribution >= 4 is 40.9 Å². The second kappa shape index (κ2) is 5.26. The Labute approximate surface area is 101 Å². The third-order valence-corrected chi connectivity index (χ3v) is 3.06. The van der Waals surface area contributed by atoms with Gasteiger partial charge in [0.15, 0.2) is 0 Å². The van der Waals surface area contributed by atoms with E-state index in [0.29, 0.717) is 15.6 Å². The number of halogens is 2. The molecule has 0 fully saturated rings. The number of thiocyanates is 1. The van der Waals surface area contributed by atoms with Crippen LogP contribution in [-0.2, 0) is 4.79 Å². The van der Waals surface area contributed by atoms with Gasteiger partial charge in [-0.1, -0.05) is 29.3 Å². The molecule has 0 aromatic heterocycles. The summed E-state index contributed by atoms with van der Waals surface area (Å²) < 4.78 is 0. The zero-order valence-electron chi connectivity index (χ0n) is 7.41. The minimum absolute atomic E-state index is 0.328. The minimum atomic E-state index is -0.764. The highest BCUT2D eigenvalue weighted by atomic mass is 35.5. The second-order valence-electron chi connectivity index (χ2n) is 2.66. The van der Waals surface area contributed by atoms with E-state index in [1.165, 1.54) is 6.07 Å². The molecule has 0 radical (unpaired) electrons. The van der Waals surface area contributed by atoms with Crippen molar-refractivity contribution in [1.29, 1.82) is 5.26 Å². The number of benzene rings is 1. The number of hydrogen-bond acceptors (Lipinski definition) is 3. The van der Waals surface area contributed by atoms with E-state index in [0.717, 1.165) is 11.8 Å². The van der Waals surface area contributed by atoms with Crippen molar-refractivity contribution in [2.24, 2.45) is 5.73 Å². The number of nitrogens with zero attached hydrogens (tertiary/aromatic N) is 1. The van der Waals surface area contributed by atoms with Gasteiger partial charge >= 0.3 is 0 Å². The third kappa shape index (κ3) is 3.03. The van der Waals surface area contributed by atoms with E-state index in [1.807, 2.05) is 5.40 Å². The molecule has 0 saturated carbocycles. The fourth-order valence-corrected chi connectivity index (χ4v) is 2.18. The van der Waals surface area contributed by atoms with Gasteiger partial charge in [-0.3, -0.25) is 4.79 Å². The average Bonchev–Trinajstić information content (AvgIpc) is 2.15. The fourth-order valence-electron chi connectivity index (χ4n) is 1.04. The molecule has 6 heteroatoms. The van der Waals surface area contributed by atoms with Crippen LogP contribution in [0.4, 0.5) is 0 Å². The molecule has 15 heavy (non-hydrogen) atoms. The summed E-state index contributed by atoms with van der Waals surface area (Å²) in [5, 5.41) is 10.4. The zero-order valence-corrected chi connectivity index (χ0v) is 9.73. The molecule has 1 unspecified atom stereocenters. The summed E-state index contributed by atoms with van der Waals surface area (Å²) >= 11 is 12.4. The number of amides is 1. The van der Waals surface area contributed by atoms with E-state index >= 15 is 0 Å². The highest BCUT2D eigenvalue weighted by Crippen LogP contribution is 2.34. The van der Waals surface area contributed by atoms with Crippen LogP contribution in [0.3, 0.4) is 0 Å². The molecule has 0 spiro atoms. The number of carbonyl (C=O) groups is 1. The standard InChI is InChI=1S/C9H6Cl2N2OS/c10-5-1-2-6(7(11)3-5)8(9(13)14)15-4-12/h1-3,8H,(H2,13,14). The van der Waals surface area contributed by atoms with Crippen molar-refractivity contribution in [2.45, 2.75) is 5.25 Å². The molecule has 0 aliphatic carbocycles. The maximum Gasteiger partial charge on any atom is 0.236 e. The molecule has 1 amide bonds. The first-order valence-corrected chi connectivity index (χ1v) is 5.49. The first-order chi connectivity index (χ1) is 7.06. The molecule has 1 atom stereocenters.